The minimum absolute atomic E-state index is 0.0679. The zero-order valence-electron chi connectivity index (χ0n) is 9.83. The lowest BCUT2D eigenvalue weighted by Gasteiger charge is -2.10. The Morgan fingerprint density at radius 1 is 1.24 bits per heavy atom. The van der Waals surface area contributed by atoms with Crippen LogP contribution < -0.4 is 4.57 Å². The molecule has 1 aromatic rings. The Kier molecular flexibility index (Phi) is 4.20. The lowest BCUT2D eigenvalue weighted by molar-refractivity contribution is -0.712. The fraction of sp³-hybridized carbons (Fsp3) is 0.417. The molecule has 1 rings (SSSR count). The van der Waals surface area contributed by atoms with Crippen molar-refractivity contribution in [1.29, 1.82) is 0 Å². The fourth-order valence-corrected chi connectivity index (χ4v) is 1.51. The zero-order chi connectivity index (χ0) is 13.0. The molecule has 0 saturated carbocycles. The monoisotopic (exact) mass is 238 g/mol. The van der Waals surface area contributed by atoms with Gasteiger partial charge in [0.05, 0.1) is 5.92 Å². The van der Waals surface area contributed by atoms with Crippen molar-refractivity contribution in [3.63, 3.8) is 0 Å². The molecule has 0 aliphatic heterocycles. The van der Waals surface area contributed by atoms with E-state index >= 15 is 0 Å². The van der Waals surface area contributed by atoms with Crippen LogP contribution in [0.25, 0.3) is 0 Å². The Balaban J connectivity index is 2.90. The normalized spacial score (nSPS) is 14.0. The standard InChI is InChI=1S/C12H15NO4/c1-8-3-5-13(6-4-8)10(12(16)17)7-9(2)11(14)15/h3-6,9-10H,7H2,1-2H3,(H-,14,15,16,17)/p+1. The van der Waals surface area contributed by atoms with E-state index in [4.69, 9.17) is 10.2 Å². The number of hydrogen-bond acceptors (Lipinski definition) is 2. The molecule has 0 aliphatic carbocycles. The number of aliphatic carboxylic acids is 2. The molecule has 92 valence electrons. The Bertz CT molecular complexity index is 413. The van der Waals surface area contributed by atoms with E-state index in [9.17, 15) is 9.59 Å². The lowest BCUT2D eigenvalue weighted by Crippen LogP contribution is -2.44. The second kappa shape index (κ2) is 5.43. The van der Waals surface area contributed by atoms with Gasteiger partial charge in [0.1, 0.15) is 0 Å². The van der Waals surface area contributed by atoms with Crippen LogP contribution in [0.1, 0.15) is 24.9 Å². The molecule has 0 aromatic carbocycles. The Hall–Kier alpha value is -1.91. The molecular weight excluding hydrogens is 222 g/mol. The summed E-state index contributed by atoms with van der Waals surface area (Å²) in [6, 6.07) is 2.74. The minimum Gasteiger partial charge on any atom is -0.481 e. The maximum Gasteiger partial charge on any atom is 0.373 e. The van der Waals surface area contributed by atoms with Gasteiger partial charge in [-0.3, -0.25) is 4.79 Å². The van der Waals surface area contributed by atoms with Gasteiger partial charge >= 0.3 is 11.9 Å². The highest BCUT2D eigenvalue weighted by Gasteiger charge is 2.31. The highest BCUT2D eigenvalue weighted by molar-refractivity contribution is 5.73. The number of nitrogens with zero attached hydrogens (tertiary/aromatic N) is 1. The number of carbonyl (C=O) groups is 2. The van der Waals surface area contributed by atoms with Gasteiger partial charge in [0, 0.05) is 18.6 Å². The van der Waals surface area contributed by atoms with Crippen molar-refractivity contribution in [2.75, 3.05) is 0 Å². The first kappa shape index (κ1) is 13.2. The van der Waals surface area contributed by atoms with Crippen molar-refractivity contribution in [2.45, 2.75) is 26.3 Å². The van der Waals surface area contributed by atoms with Gasteiger partial charge in [-0.05, 0) is 12.5 Å². The molecule has 0 saturated heterocycles. The van der Waals surface area contributed by atoms with Crippen molar-refractivity contribution in [3.05, 3.63) is 30.1 Å². The van der Waals surface area contributed by atoms with Crippen LogP contribution in [0.4, 0.5) is 0 Å². The summed E-state index contributed by atoms with van der Waals surface area (Å²) >= 11 is 0. The summed E-state index contributed by atoms with van der Waals surface area (Å²) < 4.78 is 1.52. The predicted molar refractivity (Wildman–Crippen MR) is 59.5 cm³/mol. The third kappa shape index (κ3) is 3.55. The molecule has 0 aliphatic rings. The topological polar surface area (TPSA) is 78.5 Å². The van der Waals surface area contributed by atoms with E-state index in [1.165, 1.54) is 11.5 Å². The first-order valence-corrected chi connectivity index (χ1v) is 5.35. The van der Waals surface area contributed by atoms with Crippen LogP contribution in [-0.4, -0.2) is 22.2 Å². The number of carboxylic acid groups (broad SMARTS) is 2. The van der Waals surface area contributed by atoms with Crippen LogP contribution in [0.2, 0.25) is 0 Å². The first-order chi connectivity index (χ1) is 7.91. The van der Waals surface area contributed by atoms with Crippen LogP contribution >= 0.6 is 0 Å². The largest absolute Gasteiger partial charge is 0.481 e. The second-order valence-corrected chi connectivity index (χ2v) is 4.15. The van der Waals surface area contributed by atoms with Crippen LogP contribution in [0.5, 0.6) is 0 Å². The number of hydrogen-bond donors (Lipinski definition) is 2. The van der Waals surface area contributed by atoms with Gasteiger partial charge in [-0.2, -0.15) is 4.57 Å². The van der Waals surface area contributed by atoms with E-state index in [1.54, 1.807) is 24.5 Å². The van der Waals surface area contributed by atoms with E-state index in [2.05, 4.69) is 0 Å². The Labute approximate surface area is 99.3 Å². The molecule has 0 fully saturated rings. The number of pyridine rings is 1. The van der Waals surface area contributed by atoms with Crippen molar-refractivity contribution < 1.29 is 24.4 Å². The molecule has 5 heteroatoms. The molecular formula is C12H16NO4+. The molecule has 1 heterocycles. The van der Waals surface area contributed by atoms with Gasteiger partial charge in [-0.1, -0.05) is 6.92 Å². The maximum atomic E-state index is 11.1. The first-order valence-electron chi connectivity index (χ1n) is 5.35. The van der Waals surface area contributed by atoms with Crippen molar-refractivity contribution in [2.24, 2.45) is 5.92 Å². The number of aryl methyl sites for hydroxylation is 1. The summed E-state index contributed by atoms with van der Waals surface area (Å²) in [5, 5.41) is 17.9. The predicted octanol–water partition coefficient (Wildman–Crippen LogP) is 1.02. The zero-order valence-corrected chi connectivity index (χ0v) is 9.83. The van der Waals surface area contributed by atoms with Gasteiger partial charge in [-0.15, -0.1) is 0 Å². The number of rotatable bonds is 5. The second-order valence-electron chi connectivity index (χ2n) is 4.15. The quantitative estimate of drug-likeness (QED) is 0.751. The third-order valence-electron chi connectivity index (χ3n) is 2.66. The lowest BCUT2D eigenvalue weighted by atomic mass is 10.0. The highest BCUT2D eigenvalue weighted by atomic mass is 16.4. The van der Waals surface area contributed by atoms with E-state index in [1.807, 2.05) is 6.92 Å². The van der Waals surface area contributed by atoms with E-state index < -0.39 is 23.9 Å². The molecule has 1 aromatic heterocycles. The van der Waals surface area contributed by atoms with Crippen LogP contribution in [-0.2, 0) is 9.59 Å². The molecule has 2 atom stereocenters. The SMILES string of the molecule is Cc1cc[n+](C(CC(C)C(=O)O)C(=O)O)cc1. The average molecular weight is 238 g/mol. The van der Waals surface area contributed by atoms with Crippen molar-refractivity contribution >= 4 is 11.9 Å². The molecule has 17 heavy (non-hydrogen) atoms. The van der Waals surface area contributed by atoms with Crippen LogP contribution in [0, 0.1) is 12.8 Å². The van der Waals surface area contributed by atoms with Crippen LogP contribution in [0.3, 0.4) is 0 Å². The summed E-state index contributed by atoms with van der Waals surface area (Å²) in [5.41, 5.74) is 1.02. The van der Waals surface area contributed by atoms with E-state index in [-0.39, 0.29) is 6.42 Å². The molecule has 2 unspecified atom stereocenters. The minimum atomic E-state index is -1.02. The highest BCUT2D eigenvalue weighted by Crippen LogP contribution is 2.13. The Morgan fingerprint density at radius 3 is 2.18 bits per heavy atom. The molecule has 5 nitrogen and oxygen atoms in total. The number of carboxylic acids is 2. The average Bonchev–Trinajstić information content (AvgIpc) is 2.26. The number of aromatic nitrogens is 1. The summed E-state index contributed by atoms with van der Waals surface area (Å²) in [6.07, 6.45) is 3.38. The van der Waals surface area contributed by atoms with Gasteiger partial charge in [0.2, 0.25) is 0 Å². The summed E-state index contributed by atoms with van der Waals surface area (Å²) in [7, 11) is 0. The molecule has 2 N–H and O–H groups in total. The van der Waals surface area contributed by atoms with E-state index in [0.29, 0.717) is 0 Å². The van der Waals surface area contributed by atoms with Gasteiger partial charge in [0.25, 0.3) is 6.04 Å². The summed E-state index contributed by atoms with van der Waals surface area (Å²) in [5.74, 6) is -2.69. The molecule has 0 bridgehead atoms. The summed E-state index contributed by atoms with van der Waals surface area (Å²) in [6.45, 7) is 3.41. The van der Waals surface area contributed by atoms with Gasteiger partial charge in [0.15, 0.2) is 12.4 Å². The third-order valence-corrected chi connectivity index (χ3v) is 2.66. The van der Waals surface area contributed by atoms with Crippen molar-refractivity contribution in [1.82, 2.24) is 0 Å². The fourth-order valence-electron chi connectivity index (χ4n) is 1.51. The van der Waals surface area contributed by atoms with Gasteiger partial charge in [-0.25, -0.2) is 4.79 Å². The maximum absolute atomic E-state index is 11.1. The van der Waals surface area contributed by atoms with Crippen LogP contribution in [0.15, 0.2) is 24.5 Å². The molecule has 0 spiro atoms. The Morgan fingerprint density at radius 2 is 1.76 bits per heavy atom. The van der Waals surface area contributed by atoms with E-state index in [0.717, 1.165) is 5.56 Å². The summed E-state index contributed by atoms with van der Waals surface area (Å²) in [4.78, 5) is 21.9. The smallest absolute Gasteiger partial charge is 0.373 e. The molecule has 0 amide bonds. The van der Waals surface area contributed by atoms with Crippen molar-refractivity contribution in [3.8, 4) is 0 Å². The van der Waals surface area contributed by atoms with Gasteiger partial charge < -0.3 is 10.2 Å². The molecule has 0 radical (unpaired) electrons.